The molecule has 0 saturated carbocycles. The third-order valence-electron chi connectivity index (χ3n) is 2.95. The summed E-state index contributed by atoms with van der Waals surface area (Å²) < 4.78 is 0. The summed E-state index contributed by atoms with van der Waals surface area (Å²) in [6.07, 6.45) is 2.29. The Kier molecular flexibility index (Phi) is 4.22. The van der Waals surface area contributed by atoms with Gasteiger partial charge in [-0.1, -0.05) is 41.6 Å². The molecule has 1 fully saturated rings. The first kappa shape index (κ1) is 14.1. The average Bonchev–Trinajstić information content (AvgIpc) is 2.80. The highest BCUT2D eigenvalue weighted by atomic mass is 35.5. The first-order valence-corrected chi connectivity index (χ1v) is 7.68. The lowest BCUT2D eigenvalue weighted by Gasteiger charge is -2.05. The molecule has 106 valence electrons. The Morgan fingerprint density at radius 1 is 1.29 bits per heavy atom. The minimum atomic E-state index is -0.189. The van der Waals surface area contributed by atoms with Crippen molar-refractivity contribution in [3.8, 4) is 0 Å². The summed E-state index contributed by atoms with van der Waals surface area (Å²) in [7, 11) is 0. The molecule has 1 amide bonds. The van der Waals surface area contributed by atoms with Gasteiger partial charge in [-0.15, -0.1) is 0 Å². The van der Waals surface area contributed by atoms with E-state index in [1.54, 1.807) is 12.3 Å². The molecule has 0 unspecified atom stereocenters. The number of carbonyl (C=O) groups excluding carboxylic acids is 1. The number of rotatable bonds is 3. The Balaban J connectivity index is 1.72. The number of hydrogen-bond acceptors (Lipinski definition) is 4. The molecule has 0 radical (unpaired) electrons. The maximum Gasteiger partial charge on any atom is 0.239 e. The number of amidine groups is 1. The Labute approximate surface area is 131 Å². The molecule has 21 heavy (non-hydrogen) atoms. The van der Waals surface area contributed by atoms with Crippen molar-refractivity contribution >= 4 is 40.3 Å². The number of halogens is 1. The molecule has 1 N–H and O–H groups in total. The Hall–Kier alpha value is -1.85. The van der Waals surface area contributed by atoms with Crippen LogP contribution in [0.1, 0.15) is 5.56 Å². The SMILES string of the molecule is O=C1NC(=Nc2ccccn2)S[C@@H]1Cc1cccc(Cl)c1. The molecule has 1 aliphatic heterocycles. The molecule has 2 aromatic rings. The van der Waals surface area contributed by atoms with Crippen molar-refractivity contribution in [2.75, 3.05) is 0 Å². The third kappa shape index (κ3) is 3.62. The smallest absolute Gasteiger partial charge is 0.239 e. The average molecular weight is 318 g/mol. The highest BCUT2D eigenvalue weighted by Crippen LogP contribution is 2.25. The van der Waals surface area contributed by atoms with Crippen molar-refractivity contribution in [2.24, 2.45) is 4.99 Å². The lowest BCUT2D eigenvalue weighted by atomic mass is 10.1. The Bertz CT molecular complexity index is 690. The second-order valence-corrected chi connectivity index (χ2v) is 6.16. The molecule has 0 aliphatic carbocycles. The van der Waals surface area contributed by atoms with E-state index in [2.05, 4.69) is 15.3 Å². The molecule has 6 heteroatoms. The number of thioether (sulfide) groups is 1. The van der Waals surface area contributed by atoms with Gasteiger partial charge in [0.2, 0.25) is 5.91 Å². The van der Waals surface area contributed by atoms with E-state index in [9.17, 15) is 4.79 Å². The Morgan fingerprint density at radius 2 is 2.19 bits per heavy atom. The summed E-state index contributed by atoms with van der Waals surface area (Å²) in [6, 6.07) is 13.0. The minimum Gasteiger partial charge on any atom is -0.304 e. The van der Waals surface area contributed by atoms with E-state index in [0.29, 0.717) is 22.4 Å². The van der Waals surface area contributed by atoms with Crippen molar-refractivity contribution in [2.45, 2.75) is 11.7 Å². The predicted octanol–water partition coefficient (Wildman–Crippen LogP) is 3.20. The molecule has 2 heterocycles. The normalized spacial score (nSPS) is 19.8. The van der Waals surface area contributed by atoms with E-state index in [1.807, 2.05) is 36.4 Å². The summed E-state index contributed by atoms with van der Waals surface area (Å²) in [5.74, 6) is 0.554. The van der Waals surface area contributed by atoms with Crippen LogP contribution in [0.2, 0.25) is 5.02 Å². The molecule has 0 spiro atoms. The first-order valence-electron chi connectivity index (χ1n) is 6.42. The van der Waals surface area contributed by atoms with Gasteiger partial charge in [0, 0.05) is 11.2 Å². The number of benzene rings is 1. The second kappa shape index (κ2) is 6.28. The van der Waals surface area contributed by atoms with Gasteiger partial charge in [0.05, 0.1) is 5.25 Å². The fourth-order valence-corrected chi connectivity index (χ4v) is 3.22. The van der Waals surface area contributed by atoms with Gasteiger partial charge in [0.1, 0.15) is 0 Å². The Morgan fingerprint density at radius 3 is 2.95 bits per heavy atom. The number of pyridine rings is 1. The van der Waals surface area contributed by atoms with Crippen LogP contribution in [0.3, 0.4) is 0 Å². The zero-order valence-corrected chi connectivity index (χ0v) is 12.6. The van der Waals surface area contributed by atoms with Gasteiger partial charge in [-0.05, 0) is 36.2 Å². The number of amides is 1. The van der Waals surface area contributed by atoms with Crippen molar-refractivity contribution in [1.29, 1.82) is 0 Å². The molecule has 1 aromatic carbocycles. The van der Waals surface area contributed by atoms with E-state index in [0.717, 1.165) is 5.56 Å². The topological polar surface area (TPSA) is 54.4 Å². The molecule has 1 aromatic heterocycles. The van der Waals surface area contributed by atoms with Crippen LogP contribution in [0.25, 0.3) is 0 Å². The molecule has 4 nitrogen and oxygen atoms in total. The summed E-state index contributed by atoms with van der Waals surface area (Å²) in [5, 5.41) is 3.87. The maximum absolute atomic E-state index is 12.0. The molecular weight excluding hydrogens is 306 g/mol. The van der Waals surface area contributed by atoms with E-state index >= 15 is 0 Å². The van der Waals surface area contributed by atoms with Crippen molar-refractivity contribution in [1.82, 2.24) is 10.3 Å². The van der Waals surface area contributed by atoms with Crippen LogP contribution >= 0.6 is 23.4 Å². The molecule has 1 atom stereocenters. The summed E-state index contributed by atoms with van der Waals surface area (Å²) in [6.45, 7) is 0. The number of nitrogens with zero attached hydrogens (tertiary/aromatic N) is 2. The van der Waals surface area contributed by atoms with Gasteiger partial charge in [0.25, 0.3) is 0 Å². The fraction of sp³-hybridized carbons (Fsp3) is 0.133. The lowest BCUT2D eigenvalue weighted by Crippen LogP contribution is -2.25. The molecule has 1 aliphatic rings. The molecule has 0 bridgehead atoms. The largest absolute Gasteiger partial charge is 0.304 e. The second-order valence-electron chi connectivity index (χ2n) is 4.53. The van der Waals surface area contributed by atoms with Gasteiger partial charge in [-0.25, -0.2) is 9.98 Å². The number of nitrogens with one attached hydrogen (secondary N) is 1. The highest BCUT2D eigenvalue weighted by Gasteiger charge is 2.30. The molecule has 1 saturated heterocycles. The highest BCUT2D eigenvalue weighted by molar-refractivity contribution is 8.15. The van der Waals surface area contributed by atoms with Gasteiger partial charge >= 0.3 is 0 Å². The monoisotopic (exact) mass is 317 g/mol. The predicted molar refractivity (Wildman–Crippen MR) is 86.0 cm³/mol. The van der Waals surface area contributed by atoms with Crippen molar-refractivity contribution in [3.05, 3.63) is 59.2 Å². The minimum absolute atomic E-state index is 0.0327. The van der Waals surface area contributed by atoms with Crippen LogP contribution in [0.5, 0.6) is 0 Å². The molecule has 3 rings (SSSR count). The summed E-state index contributed by atoms with van der Waals surface area (Å²) >= 11 is 7.38. The lowest BCUT2D eigenvalue weighted by molar-refractivity contribution is -0.118. The van der Waals surface area contributed by atoms with E-state index in [-0.39, 0.29) is 11.2 Å². The number of aliphatic imine (C=N–C) groups is 1. The van der Waals surface area contributed by atoms with Gasteiger partial charge in [-0.2, -0.15) is 0 Å². The van der Waals surface area contributed by atoms with Gasteiger partial charge in [0.15, 0.2) is 11.0 Å². The van der Waals surface area contributed by atoms with Crippen molar-refractivity contribution in [3.63, 3.8) is 0 Å². The summed E-state index contributed by atoms with van der Waals surface area (Å²) in [4.78, 5) is 20.4. The quantitative estimate of drug-likeness (QED) is 0.946. The van der Waals surface area contributed by atoms with Gasteiger partial charge in [-0.3, -0.25) is 4.79 Å². The van der Waals surface area contributed by atoms with Crippen LogP contribution in [0, 0.1) is 0 Å². The van der Waals surface area contributed by atoms with E-state index in [4.69, 9.17) is 11.6 Å². The van der Waals surface area contributed by atoms with Gasteiger partial charge < -0.3 is 5.32 Å². The zero-order chi connectivity index (χ0) is 14.7. The standard InChI is InChI=1S/C15H12ClN3OS/c16-11-5-3-4-10(8-11)9-12-14(20)19-15(21-12)18-13-6-1-2-7-17-13/h1-8,12H,9H2,(H,17,18,19,20)/t12-/m1/s1. The first-order chi connectivity index (χ1) is 10.2. The van der Waals surface area contributed by atoms with E-state index in [1.165, 1.54) is 11.8 Å². The van der Waals surface area contributed by atoms with Crippen LogP contribution in [0.15, 0.2) is 53.7 Å². The third-order valence-corrected chi connectivity index (χ3v) is 4.27. The summed E-state index contributed by atoms with van der Waals surface area (Å²) in [5.41, 5.74) is 1.04. The van der Waals surface area contributed by atoms with Crippen LogP contribution in [0.4, 0.5) is 5.82 Å². The zero-order valence-electron chi connectivity index (χ0n) is 11.0. The van der Waals surface area contributed by atoms with Crippen LogP contribution in [-0.4, -0.2) is 21.3 Å². The number of hydrogen-bond donors (Lipinski definition) is 1. The van der Waals surface area contributed by atoms with Crippen LogP contribution in [-0.2, 0) is 11.2 Å². The number of carbonyl (C=O) groups is 1. The van der Waals surface area contributed by atoms with Crippen LogP contribution < -0.4 is 5.32 Å². The molecular formula is C15H12ClN3OS. The maximum atomic E-state index is 12.0. The number of aromatic nitrogens is 1. The van der Waals surface area contributed by atoms with E-state index < -0.39 is 0 Å². The van der Waals surface area contributed by atoms with Crippen molar-refractivity contribution < 1.29 is 4.79 Å². The fourth-order valence-electron chi connectivity index (χ4n) is 1.99.